The molecule has 0 aliphatic heterocycles. The number of nitrogens with zero attached hydrogens (tertiary/aromatic N) is 1. The maximum Gasteiger partial charge on any atom is 0.229 e. The molecule has 94 valence electrons. The van der Waals surface area contributed by atoms with Crippen molar-refractivity contribution in [3.8, 4) is 0 Å². The van der Waals surface area contributed by atoms with Crippen molar-refractivity contribution in [2.45, 2.75) is 34.6 Å². The maximum absolute atomic E-state index is 10.8. The van der Waals surface area contributed by atoms with Crippen molar-refractivity contribution in [3.05, 3.63) is 24.0 Å². The van der Waals surface area contributed by atoms with Gasteiger partial charge in [-0.15, -0.1) is 0 Å². The van der Waals surface area contributed by atoms with Crippen LogP contribution in [0.5, 0.6) is 0 Å². The Morgan fingerprint density at radius 3 is 2.00 bits per heavy atom. The minimum Gasteiger partial charge on any atom is -0.282 e. The number of nitrogens with one attached hydrogen (secondary N) is 1. The van der Waals surface area contributed by atoms with Crippen LogP contribution < -0.4 is 4.72 Å². The monoisotopic (exact) mass is 246 g/mol. The number of aromatic nitrogens is 1. The van der Waals surface area contributed by atoms with Crippen LogP contribution >= 0.6 is 0 Å². The summed E-state index contributed by atoms with van der Waals surface area (Å²) in [6.07, 6.45) is 4.23. The van der Waals surface area contributed by atoms with E-state index in [1.54, 1.807) is 12.3 Å². The van der Waals surface area contributed by atoms with Gasteiger partial charge in [0.25, 0.3) is 0 Å². The van der Waals surface area contributed by atoms with Crippen LogP contribution in [-0.4, -0.2) is 19.7 Å². The molecule has 0 bridgehead atoms. The van der Waals surface area contributed by atoms with Gasteiger partial charge >= 0.3 is 0 Å². The van der Waals surface area contributed by atoms with Crippen LogP contribution in [0.2, 0.25) is 0 Å². The standard InChI is InChI=1S/C7H10N2O2S.2C2H6/c1-6-3-7(5-8-4-6)9-12(2,10)11;2*1-2/h3-5,9H,1-2H3;2*1-2H3. The van der Waals surface area contributed by atoms with Crippen LogP contribution in [0.3, 0.4) is 0 Å². The molecule has 0 saturated heterocycles. The molecular weight excluding hydrogens is 224 g/mol. The molecular formula is C11H22N2O2S. The molecule has 1 aromatic rings. The number of hydrogen-bond donors (Lipinski definition) is 1. The summed E-state index contributed by atoms with van der Waals surface area (Å²) in [5.74, 6) is 0. The zero-order valence-corrected chi connectivity index (χ0v) is 11.7. The third-order valence-corrected chi connectivity index (χ3v) is 1.78. The lowest BCUT2D eigenvalue weighted by atomic mass is 10.3. The Hall–Kier alpha value is -1.10. The van der Waals surface area contributed by atoms with E-state index in [2.05, 4.69) is 9.71 Å². The molecule has 0 radical (unpaired) electrons. The van der Waals surface area contributed by atoms with Gasteiger partial charge in [-0.05, 0) is 18.6 Å². The van der Waals surface area contributed by atoms with E-state index in [9.17, 15) is 8.42 Å². The van der Waals surface area contributed by atoms with Crippen molar-refractivity contribution in [2.24, 2.45) is 0 Å². The minimum absolute atomic E-state index is 0.498. The summed E-state index contributed by atoms with van der Waals surface area (Å²) in [6.45, 7) is 9.85. The third kappa shape index (κ3) is 9.45. The van der Waals surface area contributed by atoms with Gasteiger partial charge in [0, 0.05) is 6.20 Å². The molecule has 0 amide bonds. The first-order valence-corrected chi connectivity index (χ1v) is 7.26. The van der Waals surface area contributed by atoms with E-state index in [0.29, 0.717) is 5.69 Å². The van der Waals surface area contributed by atoms with Gasteiger partial charge in [-0.3, -0.25) is 9.71 Å². The molecule has 1 rings (SSSR count). The topological polar surface area (TPSA) is 59.1 Å². The summed E-state index contributed by atoms with van der Waals surface area (Å²) in [7, 11) is -3.18. The number of sulfonamides is 1. The van der Waals surface area contributed by atoms with Gasteiger partial charge in [-0.25, -0.2) is 8.42 Å². The minimum atomic E-state index is -3.18. The average molecular weight is 246 g/mol. The van der Waals surface area contributed by atoms with E-state index in [4.69, 9.17) is 0 Å². The van der Waals surface area contributed by atoms with Crippen LogP contribution in [0.15, 0.2) is 18.5 Å². The van der Waals surface area contributed by atoms with Gasteiger partial charge in [0.2, 0.25) is 10.0 Å². The van der Waals surface area contributed by atoms with E-state index in [-0.39, 0.29) is 0 Å². The fraction of sp³-hybridized carbons (Fsp3) is 0.545. The smallest absolute Gasteiger partial charge is 0.229 e. The van der Waals surface area contributed by atoms with Crippen LogP contribution in [-0.2, 0) is 10.0 Å². The van der Waals surface area contributed by atoms with Crippen molar-refractivity contribution in [2.75, 3.05) is 11.0 Å². The van der Waals surface area contributed by atoms with Crippen molar-refractivity contribution < 1.29 is 8.42 Å². The Kier molecular flexibility index (Phi) is 9.89. The zero-order valence-electron chi connectivity index (χ0n) is 10.9. The largest absolute Gasteiger partial charge is 0.282 e. The van der Waals surface area contributed by atoms with Gasteiger partial charge in [0.15, 0.2) is 0 Å². The second-order valence-electron chi connectivity index (χ2n) is 2.63. The zero-order chi connectivity index (χ0) is 13.2. The van der Waals surface area contributed by atoms with E-state index in [0.717, 1.165) is 11.8 Å². The Morgan fingerprint density at radius 1 is 1.12 bits per heavy atom. The van der Waals surface area contributed by atoms with E-state index in [1.165, 1.54) is 6.20 Å². The van der Waals surface area contributed by atoms with Crippen molar-refractivity contribution in [1.29, 1.82) is 0 Å². The SMILES string of the molecule is CC.CC.Cc1cncc(NS(C)(=O)=O)c1. The highest BCUT2D eigenvalue weighted by atomic mass is 32.2. The van der Waals surface area contributed by atoms with Gasteiger partial charge < -0.3 is 0 Å². The highest BCUT2D eigenvalue weighted by molar-refractivity contribution is 7.92. The normalized spacial score (nSPS) is 9.12. The van der Waals surface area contributed by atoms with Crippen molar-refractivity contribution >= 4 is 15.7 Å². The van der Waals surface area contributed by atoms with E-state index >= 15 is 0 Å². The molecule has 1 heterocycles. The van der Waals surface area contributed by atoms with Gasteiger partial charge in [-0.2, -0.15) is 0 Å². The summed E-state index contributed by atoms with van der Waals surface area (Å²) in [5.41, 5.74) is 1.42. The number of anilines is 1. The van der Waals surface area contributed by atoms with Crippen LogP contribution in [0, 0.1) is 6.92 Å². The number of aryl methyl sites for hydroxylation is 1. The predicted octanol–water partition coefficient (Wildman–Crippen LogP) is 2.81. The summed E-state index contributed by atoms with van der Waals surface area (Å²) in [5, 5.41) is 0. The summed E-state index contributed by atoms with van der Waals surface area (Å²) < 4.78 is 23.9. The predicted molar refractivity (Wildman–Crippen MR) is 70.1 cm³/mol. The molecule has 0 fully saturated rings. The lowest BCUT2D eigenvalue weighted by molar-refractivity contribution is 0.607. The fourth-order valence-corrected chi connectivity index (χ4v) is 1.36. The van der Waals surface area contributed by atoms with Crippen LogP contribution in [0.4, 0.5) is 5.69 Å². The quantitative estimate of drug-likeness (QED) is 0.873. The molecule has 5 heteroatoms. The summed E-state index contributed by atoms with van der Waals surface area (Å²) in [6, 6.07) is 1.72. The Morgan fingerprint density at radius 2 is 1.62 bits per heavy atom. The first kappa shape index (κ1) is 17.3. The Bertz CT molecular complexity index is 375. The van der Waals surface area contributed by atoms with Crippen LogP contribution in [0.25, 0.3) is 0 Å². The molecule has 16 heavy (non-hydrogen) atoms. The first-order valence-electron chi connectivity index (χ1n) is 5.37. The average Bonchev–Trinajstić information content (AvgIpc) is 2.21. The second-order valence-corrected chi connectivity index (χ2v) is 4.37. The summed E-state index contributed by atoms with van der Waals surface area (Å²) >= 11 is 0. The fourth-order valence-electron chi connectivity index (χ4n) is 0.825. The second kappa shape index (κ2) is 9.15. The number of pyridine rings is 1. The lowest BCUT2D eigenvalue weighted by Crippen LogP contribution is -2.09. The molecule has 0 aliphatic carbocycles. The molecule has 4 nitrogen and oxygen atoms in total. The number of hydrogen-bond acceptors (Lipinski definition) is 3. The third-order valence-electron chi connectivity index (χ3n) is 1.18. The molecule has 0 unspecified atom stereocenters. The highest BCUT2D eigenvalue weighted by Crippen LogP contribution is 2.07. The van der Waals surface area contributed by atoms with E-state index in [1.807, 2.05) is 34.6 Å². The van der Waals surface area contributed by atoms with Gasteiger partial charge in [-0.1, -0.05) is 27.7 Å². The highest BCUT2D eigenvalue weighted by Gasteiger charge is 2.00. The van der Waals surface area contributed by atoms with Gasteiger partial charge in [0.05, 0.1) is 18.1 Å². The molecule has 0 aliphatic rings. The summed E-state index contributed by atoms with van der Waals surface area (Å²) in [4.78, 5) is 3.84. The molecule has 0 spiro atoms. The van der Waals surface area contributed by atoms with E-state index < -0.39 is 10.0 Å². The molecule has 1 N–H and O–H groups in total. The number of rotatable bonds is 2. The first-order chi connectivity index (χ1) is 7.47. The van der Waals surface area contributed by atoms with Crippen molar-refractivity contribution in [3.63, 3.8) is 0 Å². The Balaban J connectivity index is 0. The molecule has 1 aromatic heterocycles. The van der Waals surface area contributed by atoms with Crippen LogP contribution in [0.1, 0.15) is 33.3 Å². The molecule has 0 atom stereocenters. The molecule has 0 saturated carbocycles. The maximum atomic E-state index is 10.8. The molecule has 0 aromatic carbocycles. The van der Waals surface area contributed by atoms with Crippen molar-refractivity contribution in [1.82, 2.24) is 4.98 Å². The Labute approximate surface area is 99.2 Å². The van der Waals surface area contributed by atoms with Gasteiger partial charge in [0.1, 0.15) is 0 Å². The lowest BCUT2D eigenvalue weighted by Gasteiger charge is -2.02.